The number of carbonyl (C=O) groups excluding carboxylic acids is 1. The van der Waals surface area contributed by atoms with E-state index in [0.717, 1.165) is 5.69 Å². The largest absolute Gasteiger partial charge is 0.467 e. The monoisotopic (exact) mass is 401 g/mol. The van der Waals surface area contributed by atoms with Crippen molar-refractivity contribution in [2.75, 3.05) is 6.54 Å². The van der Waals surface area contributed by atoms with Crippen molar-refractivity contribution in [1.29, 1.82) is 0 Å². The molecule has 0 radical (unpaired) electrons. The number of sulfonamides is 1. The Labute approximate surface area is 162 Å². The molecule has 0 bridgehead atoms. The summed E-state index contributed by atoms with van der Waals surface area (Å²) in [6.07, 6.45) is 6.11. The fraction of sp³-hybridized carbons (Fsp3) is 0.278. The average molecular weight is 401 g/mol. The standard InChI is InChI=1S/C18H19N5O4S/c24-18(20-10-16-3-2-8-27-16)9-15-13-22(12-14-5-7-21-23(14)15)28(25,26)17-4-1-6-19-11-17/h1-8,11,15H,9-10,12-13H2,(H,20,24)/t15-/m0/s1. The minimum absolute atomic E-state index is 0.106. The van der Waals surface area contributed by atoms with Crippen molar-refractivity contribution in [1.82, 2.24) is 24.4 Å². The van der Waals surface area contributed by atoms with Gasteiger partial charge in [-0.25, -0.2) is 8.42 Å². The summed E-state index contributed by atoms with van der Waals surface area (Å²) < 4.78 is 34.2. The number of furan rings is 1. The van der Waals surface area contributed by atoms with Gasteiger partial charge in [-0.2, -0.15) is 9.40 Å². The quantitative estimate of drug-likeness (QED) is 0.667. The predicted molar refractivity (Wildman–Crippen MR) is 98.3 cm³/mol. The molecule has 1 N–H and O–H groups in total. The summed E-state index contributed by atoms with van der Waals surface area (Å²) in [6, 6.07) is 7.98. The maximum absolute atomic E-state index is 13.0. The van der Waals surface area contributed by atoms with Crippen molar-refractivity contribution in [3.05, 3.63) is 66.6 Å². The molecule has 0 saturated heterocycles. The third kappa shape index (κ3) is 3.69. The first-order valence-electron chi connectivity index (χ1n) is 8.75. The Morgan fingerprint density at radius 2 is 2.14 bits per heavy atom. The molecule has 1 aliphatic rings. The van der Waals surface area contributed by atoms with Crippen molar-refractivity contribution >= 4 is 15.9 Å². The maximum atomic E-state index is 13.0. The summed E-state index contributed by atoms with van der Waals surface area (Å²) >= 11 is 0. The molecule has 4 heterocycles. The van der Waals surface area contributed by atoms with Gasteiger partial charge >= 0.3 is 0 Å². The van der Waals surface area contributed by atoms with Crippen LogP contribution >= 0.6 is 0 Å². The Bertz CT molecular complexity index is 1050. The highest BCUT2D eigenvalue weighted by atomic mass is 32.2. The first-order chi connectivity index (χ1) is 13.5. The van der Waals surface area contributed by atoms with Gasteiger partial charge in [0.25, 0.3) is 0 Å². The number of carbonyl (C=O) groups is 1. The van der Waals surface area contributed by atoms with Crippen LogP contribution in [0.4, 0.5) is 0 Å². The zero-order chi connectivity index (χ0) is 19.6. The lowest BCUT2D eigenvalue weighted by Crippen LogP contribution is -2.42. The molecule has 10 heteroatoms. The summed E-state index contributed by atoms with van der Waals surface area (Å²) in [6.45, 7) is 0.629. The number of nitrogens with zero attached hydrogens (tertiary/aromatic N) is 4. The van der Waals surface area contributed by atoms with Crippen molar-refractivity contribution in [3.63, 3.8) is 0 Å². The minimum Gasteiger partial charge on any atom is -0.467 e. The minimum atomic E-state index is -3.72. The number of rotatable bonds is 6. The Kier molecular flexibility index (Phi) is 4.97. The lowest BCUT2D eigenvalue weighted by atomic mass is 10.1. The number of pyridine rings is 1. The zero-order valence-corrected chi connectivity index (χ0v) is 15.7. The van der Waals surface area contributed by atoms with Gasteiger partial charge in [0, 0.05) is 25.1 Å². The van der Waals surface area contributed by atoms with Crippen LogP contribution in [0.15, 0.2) is 64.5 Å². The second-order valence-corrected chi connectivity index (χ2v) is 8.41. The van der Waals surface area contributed by atoms with Gasteiger partial charge in [-0.3, -0.25) is 14.5 Å². The fourth-order valence-corrected chi connectivity index (χ4v) is 4.63. The molecule has 1 amide bonds. The van der Waals surface area contributed by atoms with E-state index in [1.54, 1.807) is 41.4 Å². The van der Waals surface area contributed by atoms with Gasteiger partial charge in [-0.1, -0.05) is 0 Å². The van der Waals surface area contributed by atoms with E-state index in [-0.39, 0.29) is 36.9 Å². The van der Waals surface area contributed by atoms with Gasteiger partial charge in [0.1, 0.15) is 10.7 Å². The number of nitrogens with one attached hydrogen (secondary N) is 1. The number of hydrogen-bond acceptors (Lipinski definition) is 6. The molecule has 0 aromatic carbocycles. The molecule has 9 nitrogen and oxygen atoms in total. The van der Waals surface area contributed by atoms with E-state index < -0.39 is 16.1 Å². The highest BCUT2D eigenvalue weighted by molar-refractivity contribution is 7.89. The zero-order valence-electron chi connectivity index (χ0n) is 14.9. The lowest BCUT2D eigenvalue weighted by molar-refractivity contribution is -0.122. The van der Waals surface area contributed by atoms with E-state index in [1.165, 1.54) is 22.8 Å². The molecule has 0 fully saturated rings. The van der Waals surface area contributed by atoms with Crippen molar-refractivity contribution in [2.45, 2.75) is 30.4 Å². The fourth-order valence-electron chi connectivity index (χ4n) is 3.22. The van der Waals surface area contributed by atoms with Crippen LogP contribution in [-0.4, -0.2) is 39.9 Å². The van der Waals surface area contributed by atoms with Gasteiger partial charge in [-0.15, -0.1) is 0 Å². The van der Waals surface area contributed by atoms with Crippen LogP contribution in [0.2, 0.25) is 0 Å². The normalized spacial score (nSPS) is 17.2. The molecular weight excluding hydrogens is 382 g/mol. The molecule has 1 atom stereocenters. The Morgan fingerprint density at radius 3 is 2.89 bits per heavy atom. The number of aromatic nitrogens is 3. The van der Waals surface area contributed by atoms with E-state index in [4.69, 9.17) is 4.42 Å². The SMILES string of the molecule is O=C(C[C@H]1CN(S(=O)(=O)c2cccnc2)Cc2ccnn21)NCc1ccco1. The van der Waals surface area contributed by atoms with Gasteiger partial charge < -0.3 is 9.73 Å². The molecule has 3 aromatic heterocycles. The molecule has 28 heavy (non-hydrogen) atoms. The predicted octanol–water partition coefficient (Wildman–Crippen LogP) is 1.32. The Balaban J connectivity index is 1.50. The molecular formula is C18H19N5O4S. The van der Waals surface area contributed by atoms with Crippen molar-refractivity contribution in [3.8, 4) is 0 Å². The van der Waals surface area contributed by atoms with Crippen molar-refractivity contribution < 1.29 is 17.6 Å². The van der Waals surface area contributed by atoms with E-state index in [0.29, 0.717) is 5.76 Å². The van der Waals surface area contributed by atoms with E-state index >= 15 is 0 Å². The van der Waals surface area contributed by atoms with Crippen LogP contribution in [0.3, 0.4) is 0 Å². The lowest BCUT2D eigenvalue weighted by Gasteiger charge is -2.32. The Hall–Kier alpha value is -2.98. The maximum Gasteiger partial charge on any atom is 0.245 e. The summed E-state index contributed by atoms with van der Waals surface area (Å²) in [4.78, 5) is 16.4. The van der Waals surface area contributed by atoms with Gasteiger partial charge in [0.2, 0.25) is 15.9 Å². The molecule has 0 spiro atoms. The molecule has 146 valence electrons. The van der Waals surface area contributed by atoms with Crippen LogP contribution in [0.1, 0.15) is 23.9 Å². The van der Waals surface area contributed by atoms with Crippen LogP contribution in [0, 0.1) is 0 Å². The number of amides is 1. The van der Waals surface area contributed by atoms with Gasteiger partial charge in [0.15, 0.2) is 0 Å². The highest BCUT2D eigenvalue weighted by Gasteiger charge is 2.34. The summed E-state index contributed by atoms with van der Waals surface area (Å²) in [5, 5.41) is 7.06. The summed E-state index contributed by atoms with van der Waals surface area (Å²) in [5.74, 6) is 0.445. The summed E-state index contributed by atoms with van der Waals surface area (Å²) in [5.41, 5.74) is 0.738. The average Bonchev–Trinajstić information content (AvgIpc) is 3.39. The summed E-state index contributed by atoms with van der Waals surface area (Å²) in [7, 11) is -3.72. The van der Waals surface area contributed by atoms with Crippen LogP contribution < -0.4 is 5.32 Å². The number of fused-ring (bicyclic) bond motifs is 1. The van der Waals surface area contributed by atoms with E-state index in [1.807, 2.05) is 0 Å². The molecule has 0 unspecified atom stereocenters. The third-order valence-electron chi connectivity index (χ3n) is 4.58. The van der Waals surface area contributed by atoms with Crippen molar-refractivity contribution in [2.24, 2.45) is 0 Å². The topological polar surface area (TPSA) is 110 Å². The van der Waals surface area contributed by atoms with E-state index in [2.05, 4.69) is 15.4 Å². The highest BCUT2D eigenvalue weighted by Crippen LogP contribution is 2.27. The first kappa shape index (κ1) is 18.4. The smallest absolute Gasteiger partial charge is 0.245 e. The number of hydrogen-bond donors (Lipinski definition) is 1. The van der Waals surface area contributed by atoms with Crippen LogP contribution in [0.5, 0.6) is 0 Å². The van der Waals surface area contributed by atoms with Crippen LogP contribution in [-0.2, 0) is 27.9 Å². The molecule has 4 rings (SSSR count). The third-order valence-corrected chi connectivity index (χ3v) is 6.38. The molecule has 3 aromatic rings. The van der Waals surface area contributed by atoms with Gasteiger partial charge in [0.05, 0.1) is 37.5 Å². The molecule has 1 aliphatic heterocycles. The van der Waals surface area contributed by atoms with Gasteiger partial charge in [-0.05, 0) is 30.3 Å². The van der Waals surface area contributed by atoms with E-state index in [9.17, 15) is 13.2 Å². The molecule has 0 saturated carbocycles. The first-order valence-corrected chi connectivity index (χ1v) is 10.2. The molecule has 0 aliphatic carbocycles. The Morgan fingerprint density at radius 1 is 1.25 bits per heavy atom. The second-order valence-electron chi connectivity index (χ2n) is 6.47. The van der Waals surface area contributed by atoms with Crippen LogP contribution in [0.25, 0.3) is 0 Å². The second kappa shape index (κ2) is 7.56.